The molecule has 1 aromatic carbocycles. The van der Waals surface area contributed by atoms with Gasteiger partial charge in [0.15, 0.2) is 0 Å². The molecule has 0 saturated carbocycles. The van der Waals surface area contributed by atoms with E-state index in [4.69, 9.17) is 0 Å². The average Bonchev–Trinajstić information content (AvgIpc) is 2.17. The molecule has 16 heavy (non-hydrogen) atoms. The Bertz CT molecular complexity index is 335. The van der Waals surface area contributed by atoms with Crippen LogP contribution < -0.4 is 5.32 Å². The molecule has 0 fully saturated rings. The standard InChI is InChI=1S/C14H22BrN/c1-11(2)14(3,10-16-4)9-12-6-5-7-13(15)8-12/h5-8,11,16H,9-10H2,1-4H3. The van der Waals surface area contributed by atoms with Gasteiger partial charge in [0, 0.05) is 11.0 Å². The zero-order chi connectivity index (χ0) is 12.2. The first kappa shape index (κ1) is 13.7. The predicted octanol–water partition coefficient (Wildman–Crippen LogP) is 3.87. The highest BCUT2D eigenvalue weighted by atomic mass is 79.9. The quantitative estimate of drug-likeness (QED) is 0.865. The number of halogens is 1. The highest BCUT2D eigenvalue weighted by Gasteiger charge is 2.27. The third-order valence-corrected chi connectivity index (χ3v) is 3.96. The van der Waals surface area contributed by atoms with E-state index < -0.39 is 0 Å². The number of hydrogen-bond acceptors (Lipinski definition) is 1. The van der Waals surface area contributed by atoms with Crippen LogP contribution in [0.15, 0.2) is 28.7 Å². The molecule has 1 nitrogen and oxygen atoms in total. The van der Waals surface area contributed by atoms with E-state index >= 15 is 0 Å². The molecule has 1 atom stereocenters. The first-order valence-electron chi connectivity index (χ1n) is 5.87. The summed E-state index contributed by atoms with van der Waals surface area (Å²) in [6.45, 7) is 8.01. The van der Waals surface area contributed by atoms with Crippen molar-refractivity contribution in [1.29, 1.82) is 0 Å². The van der Waals surface area contributed by atoms with Crippen molar-refractivity contribution in [3.63, 3.8) is 0 Å². The minimum absolute atomic E-state index is 0.315. The molecule has 0 radical (unpaired) electrons. The van der Waals surface area contributed by atoms with Crippen molar-refractivity contribution in [3.8, 4) is 0 Å². The van der Waals surface area contributed by atoms with Crippen LogP contribution in [0, 0.1) is 11.3 Å². The van der Waals surface area contributed by atoms with Crippen molar-refractivity contribution >= 4 is 15.9 Å². The summed E-state index contributed by atoms with van der Waals surface area (Å²) in [5, 5.41) is 3.31. The van der Waals surface area contributed by atoms with Gasteiger partial charge in [-0.2, -0.15) is 0 Å². The molecule has 0 aromatic heterocycles. The van der Waals surface area contributed by atoms with E-state index in [-0.39, 0.29) is 0 Å². The lowest BCUT2D eigenvalue weighted by Gasteiger charge is -2.34. The smallest absolute Gasteiger partial charge is 0.0177 e. The SMILES string of the molecule is CNCC(C)(Cc1cccc(Br)c1)C(C)C. The summed E-state index contributed by atoms with van der Waals surface area (Å²) in [7, 11) is 2.03. The van der Waals surface area contributed by atoms with Crippen molar-refractivity contribution < 1.29 is 0 Å². The van der Waals surface area contributed by atoms with E-state index in [1.54, 1.807) is 0 Å². The van der Waals surface area contributed by atoms with Crippen LogP contribution in [0.2, 0.25) is 0 Å². The van der Waals surface area contributed by atoms with Crippen LogP contribution in [-0.4, -0.2) is 13.6 Å². The summed E-state index contributed by atoms with van der Waals surface area (Å²) < 4.78 is 1.17. The van der Waals surface area contributed by atoms with Crippen LogP contribution in [0.25, 0.3) is 0 Å². The number of hydrogen-bond donors (Lipinski definition) is 1. The predicted molar refractivity (Wildman–Crippen MR) is 74.7 cm³/mol. The van der Waals surface area contributed by atoms with Gasteiger partial charge in [-0.1, -0.05) is 48.8 Å². The van der Waals surface area contributed by atoms with Crippen molar-refractivity contribution in [2.75, 3.05) is 13.6 Å². The van der Waals surface area contributed by atoms with Gasteiger partial charge < -0.3 is 5.32 Å². The largest absolute Gasteiger partial charge is 0.319 e. The zero-order valence-electron chi connectivity index (χ0n) is 10.7. The molecule has 2 heteroatoms. The van der Waals surface area contributed by atoms with Crippen molar-refractivity contribution in [1.82, 2.24) is 5.32 Å². The Morgan fingerprint density at radius 3 is 2.56 bits per heavy atom. The second-order valence-corrected chi connectivity index (χ2v) is 6.06. The zero-order valence-corrected chi connectivity index (χ0v) is 12.3. The van der Waals surface area contributed by atoms with Crippen LogP contribution in [0.4, 0.5) is 0 Å². The van der Waals surface area contributed by atoms with Crippen molar-refractivity contribution in [2.24, 2.45) is 11.3 Å². The van der Waals surface area contributed by atoms with E-state index in [9.17, 15) is 0 Å². The third kappa shape index (κ3) is 3.60. The van der Waals surface area contributed by atoms with Gasteiger partial charge in [-0.25, -0.2) is 0 Å². The number of rotatable bonds is 5. The molecule has 0 aliphatic carbocycles. The molecule has 1 aromatic rings. The summed E-state index contributed by atoms with van der Waals surface area (Å²) in [5.41, 5.74) is 1.72. The molecule has 1 N–H and O–H groups in total. The van der Waals surface area contributed by atoms with Gasteiger partial charge in [-0.05, 0) is 42.5 Å². The lowest BCUT2D eigenvalue weighted by atomic mass is 9.74. The molecule has 0 aliphatic rings. The van der Waals surface area contributed by atoms with E-state index in [0.29, 0.717) is 11.3 Å². The lowest BCUT2D eigenvalue weighted by molar-refractivity contribution is 0.212. The van der Waals surface area contributed by atoms with Crippen molar-refractivity contribution in [2.45, 2.75) is 27.2 Å². The first-order valence-corrected chi connectivity index (χ1v) is 6.66. The summed E-state index contributed by atoms with van der Waals surface area (Å²) in [6, 6.07) is 8.62. The summed E-state index contributed by atoms with van der Waals surface area (Å²) in [4.78, 5) is 0. The molecule has 1 rings (SSSR count). The van der Waals surface area contributed by atoms with E-state index in [1.165, 1.54) is 10.0 Å². The topological polar surface area (TPSA) is 12.0 Å². The van der Waals surface area contributed by atoms with Gasteiger partial charge in [-0.15, -0.1) is 0 Å². The second kappa shape index (κ2) is 5.83. The normalized spacial score (nSPS) is 15.1. The Labute approximate surface area is 108 Å². The summed E-state index contributed by atoms with van der Waals surface area (Å²) in [5.74, 6) is 0.666. The molecule has 90 valence electrons. The second-order valence-electron chi connectivity index (χ2n) is 5.15. The maximum atomic E-state index is 3.53. The maximum Gasteiger partial charge on any atom is 0.0177 e. The van der Waals surface area contributed by atoms with Crippen molar-refractivity contribution in [3.05, 3.63) is 34.3 Å². The van der Waals surface area contributed by atoms with Gasteiger partial charge in [-0.3, -0.25) is 0 Å². The molecule has 0 saturated heterocycles. The van der Waals surface area contributed by atoms with Gasteiger partial charge in [0.1, 0.15) is 0 Å². The van der Waals surface area contributed by atoms with E-state index in [0.717, 1.165) is 13.0 Å². The molecule has 0 aliphatic heterocycles. The Balaban J connectivity index is 2.83. The first-order chi connectivity index (χ1) is 7.48. The van der Waals surface area contributed by atoms with Crippen LogP contribution in [0.3, 0.4) is 0 Å². The monoisotopic (exact) mass is 283 g/mol. The molecule has 1 unspecified atom stereocenters. The minimum Gasteiger partial charge on any atom is -0.319 e. The summed E-state index contributed by atoms with van der Waals surface area (Å²) in [6.07, 6.45) is 1.12. The van der Waals surface area contributed by atoms with Gasteiger partial charge in [0.2, 0.25) is 0 Å². The van der Waals surface area contributed by atoms with Crippen LogP contribution in [0.1, 0.15) is 26.3 Å². The number of nitrogens with one attached hydrogen (secondary N) is 1. The van der Waals surface area contributed by atoms with Crippen LogP contribution >= 0.6 is 15.9 Å². The Kier molecular flexibility index (Phi) is 5.00. The van der Waals surface area contributed by atoms with Gasteiger partial charge >= 0.3 is 0 Å². The fraction of sp³-hybridized carbons (Fsp3) is 0.571. The fourth-order valence-corrected chi connectivity index (χ4v) is 2.43. The molecule has 0 bridgehead atoms. The summed E-state index contributed by atoms with van der Waals surface area (Å²) >= 11 is 3.53. The van der Waals surface area contributed by atoms with Crippen LogP contribution in [0.5, 0.6) is 0 Å². The Hall–Kier alpha value is -0.340. The fourth-order valence-electron chi connectivity index (χ4n) is 1.99. The van der Waals surface area contributed by atoms with Gasteiger partial charge in [0.25, 0.3) is 0 Å². The third-order valence-electron chi connectivity index (χ3n) is 3.47. The molecular weight excluding hydrogens is 262 g/mol. The molecule has 0 spiro atoms. The number of benzene rings is 1. The molecular formula is C14H22BrN. The van der Waals surface area contributed by atoms with E-state index in [1.807, 2.05) is 7.05 Å². The van der Waals surface area contributed by atoms with E-state index in [2.05, 4.69) is 66.3 Å². The van der Waals surface area contributed by atoms with Crippen LogP contribution in [-0.2, 0) is 6.42 Å². The molecule has 0 amide bonds. The minimum atomic E-state index is 0.315. The molecule has 0 heterocycles. The highest BCUT2D eigenvalue weighted by Crippen LogP contribution is 2.31. The van der Waals surface area contributed by atoms with Gasteiger partial charge in [0.05, 0.1) is 0 Å². The Morgan fingerprint density at radius 2 is 2.06 bits per heavy atom. The Morgan fingerprint density at radius 1 is 1.38 bits per heavy atom. The average molecular weight is 284 g/mol. The maximum absolute atomic E-state index is 3.53. The lowest BCUT2D eigenvalue weighted by Crippen LogP contribution is -2.36. The highest BCUT2D eigenvalue weighted by molar-refractivity contribution is 9.10.